The number of rotatable bonds is 6. The maximum absolute atomic E-state index is 5.42. The molecule has 5 nitrogen and oxygen atoms in total. The molecule has 0 unspecified atom stereocenters. The molecule has 0 spiro atoms. The molecule has 0 saturated carbocycles. The van der Waals surface area contributed by atoms with Gasteiger partial charge in [0.05, 0.1) is 12.1 Å². The van der Waals surface area contributed by atoms with Crippen LogP contribution in [0.5, 0.6) is 0 Å². The Labute approximate surface area is 94.5 Å². The fourth-order valence-electron chi connectivity index (χ4n) is 1.58. The molecule has 0 radical (unpaired) electrons. The van der Waals surface area contributed by atoms with Crippen LogP contribution in [0.4, 0.5) is 0 Å². The minimum absolute atomic E-state index is 0.751. The van der Waals surface area contributed by atoms with Gasteiger partial charge in [0, 0.05) is 6.20 Å². The smallest absolute Gasteiger partial charge is 0.177 e. The fourth-order valence-corrected chi connectivity index (χ4v) is 1.58. The van der Waals surface area contributed by atoms with Gasteiger partial charge in [0.2, 0.25) is 0 Å². The Morgan fingerprint density at radius 2 is 2.31 bits per heavy atom. The summed E-state index contributed by atoms with van der Waals surface area (Å²) in [7, 11) is 0. The van der Waals surface area contributed by atoms with Crippen LogP contribution in [0.15, 0.2) is 18.3 Å². The van der Waals surface area contributed by atoms with E-state index in [9.17, 15) is 0 Å². The van der Waals surface area contributed by atoms with Crippen molar-refractivity contribution in [2.45, 2.75) is 19.4 Å². The van der Waals surface area contributed by atoms with Gasteiger partial charge in [-0.3, -0.25) is 0 Å². The van der Waals surface area contributed by atoms with Gasteiger partial charge in [-0.1, -0.05) is 0 Å². The first-order valence-electron chi connectivity index (χ1n) is 5.60. The van der Waals surface area contributed by atoms with Gasteiger partial charge in [0.1, 0.15) is 5.82 Å². The maximum atomic E-state index is 5.42. The molecule has 0 fully saturated rings. The van der Waals surface area contributed by atoms with E-state index in [0.717, 1.165) is 49.5 Å². The van der Waals surface area contributed by atoms with Crippen molar-refractivity contribution in [3.63, 3.8) is 0 Å². The predicted molar refractivity (Wildman–Crippen MR) is 63.9 cm³/mol. The SMILES string of the molecule is NCCCCNCc1nc2ncccc2[nH]1. The van der Waals surface area contributed by atoms with E-state index in [1.165, 1.54) is 0 Å². The lowest BCUT2D eigenvalue weighted by Gasteiger charge is -2.00. The van der Waals surface area contributed by atoms with Crippen molar-refractivity contribution >= 4 is 11.2 Å². The van der Waals surface area contributed by atoms with E-state index in [2.05, 4.69) is 20.3 Å². The lowest BCUT2D eigenvalue weighted by molar-refractivity contribution is 0.615. The third-order valence-corrected chi connectivity index (χ3v) is 2.41. The summed E-state index contributed by atoms with van der Waals surface area (Å²) < 4.78 is 0. The first-order chi connectivity index (χ1) is 7.90. The van der Waals surface area contributed by atoms with Gasteiger partial charge in [-0.15, -0.1) is 0 Å². The van der Waals surface area contributed by atoms with Gasteiger partial charge in [-0.05, 0) is 38.1 Å². The summed E-state index contributed by atoms with van der Waals surface area (Å²) in [5.41, 5.74) is 7.18. The van der Waals surface area contributed by atoms with Crippen LogP contribution < -0.4 is 11.1 Å². The highest BCUT2D eigenvalue weighted by molar-refractivity contribution is 5.69. The minimum atomic E-state index is 0.751. The molecule has 2 aromatic rings. The summed E-state index contributed by atoms with van der Waals surface area (Å²) in [6.07, 6.45) is 3.92. The molecule has 16 heavy (non-hydrogen) atoms. The molecule has 2 rings (SSSR count). The number of nitrogens with zero attached hydrogens (tertiary/aromatic N) is 2. The topological polar surface area (TPSA) is 79.6 Å². The number of nitrogens with one attached hydrogen (secondary N) is 2. The molecule has 5 heteroatoms. The van der Waals surface area contributed by atoms with Crippen LogP contribution in [0.2, 0.25) is 0 Å². The molecule has 2 aromatic heterocycles. The zero-order valence-electron chi connectivity index (χ0n) is 9.24. The first-order valence-corrected chi connectivity index (χ1v) is 5.60. The number of H-pyrrole nitrogens is 1. The van der Waals surface area contributed by atoms with Crippen molar-refractivity contribution in [2.24, 2.45) is 5.73 Å². The Kier molecular flexibility index (Phi) is 3.85. The van der Waals surface area contributed by atoms with Crippen LogP contribution in [-0.2, 0) is 6.54 Å². The zero-order valence-corrected chi connectivity index (χ0v) is 9.24. The molecule has 0 atom stereocenters. The van der Waals surface area contributed by atoms with Gasteiger partial charge < -0.3 is 16.0 Å². The Bertz CT molecular complexity index is 404. The van der Waals surface area contributed by atoms with Crippen LogP contribution in [0.25, 0.3) is 11.2 Å². The summed E-state index contributed by atoms with van der Waals surface area (Å²) >= 11 is 0. The Morgan fingerprint density at radius 3 is 3.12 bits per heavy atom. The van der Waals surface area contributed by atoms with Crippen molar-refractivity contribution in [1.29, 1.82) is 0 Å². The molecule has 4 N–H and O–H groups in total. The van der Waals surface area contributed by atoms with Crippen LogP contribution in [0.3, 0.4) is 0 Å². The second-order valence-electron chi connectivity index (χ2n) is 3.73. The second kappa shape index (κ2) is 5.58. The van der Waals surface area contributed by atoms with Gasteiger partial charge in [-0.25, -0.2) is 9.97 Å². The number of fused-ring (bicyclic) bond motifs is 1. The largest absolute Gasteiger partial charge is 0.340 e. The fraction of sp³-hybridized carbons (Fsp3) is 0.455. The van der Waals surface area contributed by atoms with E-state index in [4.69, 9.17) is 5.73 Å². The molecular formula is C11H17N5. The predicted octanol–water partition coefficient (Wildman–Crippen LogP) is 0.786. The van der Waals surface area contributed by atoms with E-state index in [-0.39, 0.29) is 0 Å². The lowest BCUT2D eigenvalue weighted by Crippen LogP contribution is -2.16. The molecule has 86 valence electrons. The molecule has 0 aliphatic heterocycles. The van der Waals surface area contributed by atoms with Crippen molar-refractivity contribution in [2.75, 3.05) is 13.1 Å². The highest BCUT2D eigenvalue weighted by atomic mass is 15.0. The number of pyridine rings is 1. The maximum Gasteiger partial charge on any atom is 0.177 e. The summed E-state index contributed by atoms with van der Waals surface area (Å²) in [4.78, 5) is 11.8. The number of aromatic nitrogens is 3. The number of unbranched alkanes of at least 4 members (excludes halogenated alkanes) is 1. The van der Waals surface area contributed by atoms with Crippen LogP contribution in [0, 0.1) is 0 Å². The van der Waals surface area contributed by atoms with Crippen molar-refractivity contribution in [1.82, 2.24) is 20.3 Å². The molecule has 0 bridgehead atoms. The highest BCUT2D eigenvalue weighted by Gasteiger charge is 2.01. The Balaban J connectivity index is 1.85. The van der Waals surface area contributed by atoms with Gasteiger partial charge in [0.25, 0.3) is 0 Å². The van der Waals surface area contributed by atoms with E-state index in [1.54, 1.807) is 6.20 Å². The number of imidazole rings is 1. The molecular weight excluding hydrogens is 202 g/mol. The van der Waals surface area contributed by atoms with E-state index in [0.29, 0.717) is 0 Å². The molecule has 0 aliphatic rings. The van der Waals surface area contributed by atoms with E-state index in [1.807, 2.05) is 12.1 Å². The summed E-state index contributed by atoms with van der Waals surface area (Å²) in [5, 5.41) is 3.32. The molecule has 0 saturated heterocycles. The number of nitrogens with two attached hydrogens (primary N) is 1. The van der Waals surface area contributed by atoms with Crippen molar-refractivity contribution < 1.29 is 0 Å². The molecule has 0 aromatic carbocycles. The van der Waals surface area contributed by atoms with Crippen molar-refractivity contribution in [3.8, 4) is 0 Å². The average molecular weight is 219 g/mol. The van der Waals surface area contributed by atoms with Gasteiger partial charge in [0.15, 0.2) is 5.65 Å². The number of aromatic amines is 1. The summed E-state index contributed by atoms with van der Waals surface area (Å²) in [5.74, 6) is 0.932. The quantitative estimate of drug-likeness (QED) is 0.627. The zero-order chi connectivity index (χ0) is 11.2. The normalized spacial score (nSPS) is 11.1. The number of hydrogen-bond donors (Lipinski definition) is 3. The Hall–Kier alpha value is -1.46. The van der Waals surface area contributed by atoms with Crippen molar-refractivity contribution in [3.05, 3.63) is 24.2 Å². The standard InChI is InChI=1S/C11H17N5/c12-5-1-2-6-13-8-10-15-9-4-3-7-14-11(9)16-10/h3-4,7,13H,1-2,5-6,8,12H2,(H,14,15,16). The highest BCUT2D eigenvalue weighted by Crippen LogP contribution is 2.06. The van der Waals surface area contributed by atoms with Gasteiger partial charge >= 0.3 is 0 Å². The number of hydrogen-bond acceptors (Lipinski definition) is 4. The first kappa shape index (κ1) is 11.0. The van der Waals surface area contributed by atoms with E-state index >= 15 is 0 Å². The lowest BCUT2D eigenvalue weighted by atomic mass is 10.3. The summed E-state index contributed by atoms with van der Waals surface area (Å²) in [6.45, 7) is 2.48. The summed E-state index contributed by atoms with van der Waals surface area (Å²) in [6, 6.07) is 3.88. The minimum Gasteiger partial charge on any atom is -0.340 e. The third kappa shape index (κ3) is 2.77. The van der Waals surface area contributed by atoms with Crippen LogP contribution >= 0.6 is 0 Å². The van der Waals surface area contributed by atoms with E-state index < -0.39 is 0 Å². The third-order valence-electron chi connectivity index (χ3n) is 2.41. The van der Waals surface area contributed by atoms with Gasteiger partial charge in [-0.2, -0.15) is 0 Å². The monoisotopic (exact) mass is 219 g/mol. The molecule has 2 heterocycles. The van der Waals surface area contributed by atoms with Crippen LogP contribution in [0.1, 0.15) is 18.7 Å². The van der Waals surface area contributed by atoms with Crippen LogP contribution in [-0.4, -0.2) is 28.0 Å². The second-order valence-corrected chi connectivity index (χ2v) is 3.73. The average Bonchev–Trinajstić information content (AvgIpc) is 2.71. The molecule has 0 amide bonds. The molecule has 0 aliphatic carbocycles. The Morgan fingerprint density at radius 1 is 1.38 bits per heavy atom.